The summed E-state index contributed by atoms with van der Waals surface area (Å²) in [4.78, 5) is 7.95. The van der Waals surface area contributed by atoms with Gasteiger partial charge >= 0.3 is 0 Å². The molecule has 1 aliphatic heterocycles. The lowest BCUT2D eigenvalue weighted by molar-refractivity contribution is 0.171. The minimum absolute atomic E-state index is 0.0834. The number of nitrogens with zero attached hydrogens (tertiary/aromatic N) is 2. The maximum Gasteiger partial charge on any atom is 0.253 e. The van der Waals surface area contributed by atoms with Crippen LogP contribution in [0.3, 0.4) is 0 Å². The monoisotopic (exact) mass is 262 g/mol. The minimum Gasteiger partial charge on any atom is -0.486 e. The van der Waals surface area contributed by atoms with E-state index < -0.39 is 5.82 Å². The molecule has 0 unspecified atom stereocenters. The fourth-order valence-electron chi connectivity index (χ4n) is 1.82. The zero-order valence-corrected chi connectivity index (χ0v) is 10.2. The van der Waals surface area contributed by atoms with Crippen molar-refractivity contribution in [1.29, 1.82) is 0 Å². The van der Waals surface area contributed by atoms with E-state index in [0.717, 1.165) is 6.20 Å². The van der Waals surface area contributed by atoms with Gasteiger partial charge in [0.25, 0.3) is 5.88 Å². The van der Waals surface area contributed by atoms with Crippen molar-refractivity contribution in [2.45, 2.75) is 0 Å². The summed E-state index contributed by atoms with van der Waals surface area (Å²) in [6.45, 7) is 1.04. The molecule has 0 N–H and O–H groups in total. The van der Waals surface area contributed by atoms with Crippen LogP contribution in [0, 0.1) is 5.82 Å². The van der Waals surface area contributed by atoms with E-state index in [-0.39, 0.29) is 5.88 Å². The highest BCUT2D eigenvalue weighted by atomic mass is 19.1. The number of benzene rings is 1. The molecule has 2 aromatic rings. The fraction of sp³-hybridized carbons (Fsp3) is 0.231. The zero-order valence-electron chi connectivity index (χ0n) is 10.2. The van der Waals surface area contributed by atoms with Gasteiger partial charge in [-0.2, -0.15) is 9.37 Å². The van der Waals surface area contributed by atoms with Gasteiger partial charge in [-0.3, -0.25) is 0 Å². The summed E-state index contributed by atoms with van der Waals surface area (Å²) in [6, 6.07) is 5.34. The molecule has 0 aliphatic carbocycles. The number of methoxy groups -OCH3 is 1. The second kappa shape index (κ2) is 4.72. The molecule has 0 radical (unpaired) electrons. The van der Waals surface area contributed by atoms with Gasteiger partial charge in [-0.05, 0) is 18.2 Å². The van der Waals surface area contributed by atoms with Crippen LogP contribution < -0.4 is 14.2 Å². The number of rotatable bonds is 2. The predicted molar refractivity (Wildman–Crippen MR) is 65.0 cm³/mol. The smallest absolute Gasteiger partial charge is 0.253 e. The number of hydrogen-bond acceptors (Lipinski definition) is 5. The van der Waals surface area contributed by atoms with Crippen LogP contribution in [0.5, 0.6) is 17.4 Å². The Morgan fingerprint density at radius 3 is 2.79 bits per heavy atom. The molecule has 5 nitrogen and oxygen atoms in total. The van der Waals surface area contributed by atoms with E-state index in [1.165, 1.54) is 7.11 Å². The van der Waals surface area contributed by atoms with Crippen molar-refractivity contribution in [3.63, 3.8) is 0 Å². The van der Waals surface area contributed by atoms with Crippen molar-refractivity contribution in [1.82, 2.24) is 9.97 Å². The van der Waals surface area contributed by atoms with Crippen LogP contribution in [-0.4, -0.2) is 30.3 Å². The van der Waals surface area contributed by atoms with Crippen molar-refractivity contribution in [2.24, 2.45) is 0 Å². The Kier molecular flexibility index (Phi) is 2.91. The van der Waals surface area contributed by atoms with Crippen molar-refractivity contribution >= 4 is 0 Å². The Morgan fingerprint density at radius 2 is 2.00 bits per heavy atom. The largest absolute Gasteiger partial charge is 0.486 e. The molecule has 0 atom stereocenters. The van der Waals surface area contributed by atoms with Gasteiger partial charge in [0.15, 0.2) is 17.3 Å². The Balaban J connectivity index is 2.02. The Morgan fingerprint density at radius 1 is 1.21 bits per heavy atom. The molecule has 1 aromatic carbocycles. The van der Waals surface area contributed by atoms with Gasteiger partial charge in [0.1, 0.15) is 13.2 Å². The van der Waals surface area contributed by atoms with Crippen molar-refractivity contribution in [3.05, 3.63) is 30.2 Å². The zero-order chi connectivity index (χ0) is 13.2. The highest BCUT2D eigenvalue weighted by Crippen LogP contribution is 2.33. The molecule has 0 spiro atoms. The van der Waals surface area contributed by atoms with E-state index in [4.69, 9.17) is 14.2 Å². The number of hydrogen-bond donors (Lipinski definition) is 0. The summed E-state index contributed by atoms with van der Waals surface area (Å²) < 4.78 is 29.0. The average Bonchev–Trinajstić information content (AvgIpc) is 2.47. The Labute approximate surface area is 109 Å². The van der Waals surface area contributed by atoms with E-state index in [1.54, 1.807) is 18.2 Å². The highest BCUT2D eigenvalue weighted by Gasteiger charge is 2.14. The molecule has 3 rings (SSSR count). The lowest BCUT2D eigenvalue weighted by Gasteiger charge is -2.18. The fourth-order valence-corrected chi connectivity index (χ4v) is 1.82. The van der Waals surface area contributed by atoms with E-state index in [9.17, 15) is 4.39 Å². The molecule has 0 amide bonds. The molecule has 19 heavy (non-hydrogen) atoms. The first-order valence-corrected chi connectivity index (χ1v) is 5.74. The van der Waals surface area contributed by atoms with Gasteiger partial charge in [-0.25, -0.2) is 4.98 Å². The summed E-state index contributed by atoms with van der Waals surface area (Å²) in [7, 11) is 1.36. The van der Waals surface area contributed by atoms with Crippen molar-refractivity contribution in [3.8, 4) is 28.8 Å². The molecule has 0 bridgehead atoms. The summed E-state index contributed by atoms with van der Waals surface area (Å²) >= 11 is 0. The molecule has 1 aromatic heterocycles. The number of fused-ring (bicyclic) bond motifs is 1. The Bertz CT molecular complexity index is 619. The van der Waals surface area contributed by atoms with E-state index >= 15 is 0 Å². The molecule has 98 valence electrons. The lowest BCUT2D eigenvalue weighted by Crippen LogP contribution is -2.15. The van der Waals surface area contributed by atoms with Gasteiger partial charge in [0, 0.05) is 5.56 Å². The molecular weight excluding hydrogens is 251 g/mol. The van der Waals surface area contributed by atoms with Crippen LogP contribution in [0.4, 0.5) is 4.39 Å². The van der Waals surface area contributed by atoms with E-state index in [1.807, 2.05) is 0 Å². The number of ether oxygens (including phenoxy) is 3. The van der Waals surface area contributed by atoms with Crippen LogP contribution >= 0.6 is 0 Å². The summed E-state index contributed by atoms with van der Waals surface area (Å²) in [5.74, 6) is 1.01. The molecular formula is C13H11FN2O3. The molecule has 0 saturated heterocycles. The first-order chi connectivity index (χ1) is 9.28. The van der Waals surface area contributed by atoms with Crippen LogP contribution in [0.15, 0.2) is 24.4 Å². The summed E-state index contributed by atoms with van der Waals surface area (Å²) in [5.41, 5.74) is 0.711. The molecule has 1 aliphatic rings. The predicted octanol–water partition coefficient (Wildman–Crippen LogP) is 2.06. The van der Waals surface area contributed by atoms with Gasteiger partial charge in [0.05, 0.1) is 13.3 Å². The van der Waals surface area contributed by atoms with Crippen molar-refractivity contribution in [2.75, 3.05) is 20.3 Å². The quantitative estimate of drug-likeness (QED) is 0.829. The Hall–Kier alpha value is -2.37. The summed E-state index contributed by atoms with van der Waals surface area (Å²) in [6.07, 6.45) is 1.08. The topological polar surface area (TPSA) is 53.5 Å². The summed E-state index contributed by atoms with van der Waals surface area (Å²) in [5, 5.41) is 0. The molecule has 0 saturated carbocycles. The molecule has 2 heterocycles. The van der Waals surface area contributed by atoms with E-state index in [0.29, 0.717) is 36.1 Å². The first kappa shape index (κ1) is 11.7. The third-order valence-electron chi connectivity index (χ3n) is 2.71. The van der Waals surface area contributed by atoms with Gasteiger partial charge in [-0.15, -0.1) is 0 Å². The minimum atomic E-state index is -0.594. The van der Waals surface area contributed by atoms with Crippen molar-refractivity contribution < 1.29 is 18.6 Å². The second-order valence-corrected chi connectivity index (χ2v) is 3.91. The number of aromatic nitrogens is 2. The molecule has 0 fully saturated rings. The van der Waals surface area contributed by atoms with E-state index in [2.05, 4.69) is 9.97 Å². The van der Waals surface area contributed by atoms with Crippen LogP contribution in [0.1, 0.15) is 0 Å². The maximum atomic E-state index is 13.3. The van der Waals surface area contributed by atoms with Gasteiger partial charge in [0.2, 0.25) is 5.82 Å². The second-order valence-electron chi connectivity index (χ2n) is 3.91. The number of halogens is 1. The van der Waals surface area contributed by atoms with Gasteiger partial charge in [-0.1, -0.05) is 0 Å². The first-order valence-electron chi connectivity index (χ1n) is 5.74. The molecule has 6 heteroatoms. The van der Waals surface area contributed by atoms with Crippen LogP contribution in [-0.2, 0) is 0 Å². The average molecular weight is 262 g/mol. The standard InChI is InChI=1S/C13H11FN2O3/c1-17-13-9(14)7-15-12(16-13)8-2-3-10-11(6-8)19-5-4-18-10/h2-3,6-7H,4-5H2,1H3. The maximum absolute atomic E-state index is 13.3. The SMILES string of the molecule is COc1nc(-c2ccc3c(c2)OCCO3)ncc1F. The third-order valence-corrected chi connectivity index (χ3v) is 2.71. The van der Waals surface area contributed by atoms with Crippen LogP contribution in [0.25, 0.3) is 11.4 Å². The van der Waals surface area contributed by atoms with Gasteiger partial charge < -0.3 is 14.2 Å². The van der Waals surface area contributed by atoms with Crippen LogP contribution in [0.2, 0.25) is 0 Å². The third kappa shape index (κ3) is 2.16. The normalized spacial score (nSPS) is 13.2. The lowest BCUT2D eigenvalue weighted by atomic mass is 10.2. The highest BCUT2D eigenvalue weighted by molar-refractivity contribution is 5.61.